The zero-order valence-electron chi connectivity index (χ0n) is 14.9. The summed E-state index contributed by atoms with van der Waals surface area (Å²) < 4.78 is 0. The predicted octanol–water partition coefficient (Wildman–Crippen LogP) is 5.22. The topological polar surface area (TPSA) is 70.9 Å². The van der Waals surface area contributed by atoms with Gasteiger partial charge in [0.1, 0.15) is 6.29 Å². The Morgan fingerprint density at radius 3 is 2.00 bits per heavy atom. The van der Waals surface area contributed by atoms with Crippen LogP contribution in [0.2, 0.25) is 0 Å². The van der Waals surface area contributed by atoms with Crippen LogP contribution in [-0.2, 0) is 0 Å². The summed E-state index contributed by atoms with van der Waals surface area (Å²) in [5, 5.41) is 11.4. The average molecular weight is 349 g/mol. The second kappa shape index (κ2) is 8.52. The molecule has 1 aliphatic rings. The maximum absolute atomic E-state index is 12.4. The van der Waals surface area contributed by atoms with Crippen LogP contribution in [-0.4, -0.2) is 18.2 Å². The van der Waals surface area contributed by atoms with Crippen LogP contribution >= 0.6 is 0 Å². The largest absolute Gasteiger partial charge is 0.349 e. The van der Waals surface area contributed by atoms with E-state index in [0.717, 1.165) is 25.0 Å². The molecule has 1 saturated carbocycles. The second-order valence-electron chi connectivity index (χ2n) is 6.89. The minimum atomic E-state index is -0.0301. The van der Waals surface area contributed by atoms with Gasteiger partial charge in [0.05, 0.1) is 11.4 Å². The smallest absolute Gasteiger partial charge is 0.251 e. The van der Waals surface area contributed by atoms with Crippen molar-refractivity contribution in [2.75, 3.05) is 0 Å². The van der Waals surface area contributed by atoms with Crippen molar-refractivity contribution in [2.24, 2.45) is 16.1 Å². The number of rotatable bonds is 5. The second-order valence-corrected chi connectivity index (χ2v) is 6.89. The number of nitrogens with zero attached hydrogens (tertiary/aromatic N) is 2. The first-order valence-electron chi connectivity index (χ1n) is 9.02. The Morgan fingerprint density at radius 2 is 1.46 bits per heavy atom. The summed E-state index contributed by atoms with van der Waals surface area (Å²) in [6, 6.07) is 14.2. The van der Waals surface area contributed by atoms with E-state index in [1.54, 1.807) is 48.5 Å². The number of aldehydes is 1. The molecule has 5 heteroatoms. The lowest BCUT2D eigenvalue weighted by Crippen LogP contribution is -2.37. The van der Waals surface area contributed by atoms with Crippen LogP contribution in [0.1, 0.15) is 53.3 Å². The SMILES string of the molecule is CC1CCC(NC(=O)c2ccc(N=Nc3ccc(C=O)cc3)cc2)CC1. The number of azo groups is 1. The van der Waals surface area contributed by atoms with Gasteiger partial charge in [0, 0.05) is 17.2 Å². The van der Waals surface area contributed by atoms with Crippen molar-refractivity contribution in [3.63, 3.8) is 0 Å². The summed E-state index contributed by atoms with van der Waals surface area (Å²) >= 11 is 0. The molecular formula is C21H23N3O2. The number of carbonyl (C=O) groups is 2. The number of hydrogen-bond acceptors (Lipinski definition) is 4. The maximum atomic E-state index is 12.4. The molecule has 1 N–H and O–H groups in total. The van der Waals surface area contributed by atoms with E-state index in [-0.39, 0.29) is 11.9 Å². The molecule has 0 unspecified atom stereocenters. The fourth-order valence-electron chi connectivity index (χ4n) is 3.09. The molecule has 1 amide bonds. The van der Waals surface area contributed by atoms with Crippen LogP contribution in [0.15, 0.2) is 58.8 Å². The fourth-order valence-corrected chi connectivity index (χ4v) is 3.09. The third-order valence-corrected chi connectivity index (χ3v) is 4.79. The van der Waals surface area contributed by atoms with Crippen molar-refractivity contribution in [3.05, 3.63) is 59.7 Å². The molecular weight excluding hydrogens is 326 g/mol. The molecule has 0 bridgehead atoms. The highest BCUT2D eigenvalue weighted by molar-refractivity contribution is 5.94. The van der Waals surface area contributed by atoms with Gasteiger partial charge in [-0.1, -0.05) is 6.92 Å². The molecule has 0 heterocycles. The highest BCUT2D eigenvalue weighted by Gasteiger charge is 2.20. The van der Waals surface area contributed by atoms with E-state index < -0.39 is 0 Å². The monoisotopic (exact) mass is 349 g/mol. The Labute approximate surface area is 153 Å². The molecule has 0 saturated heterocycles. The van der Waals surface area contributed by atoms with Crippen LogP contribution in [0, 0.1) is 5.92 Å². The molecule has 0 aliphatic heterocycles. The molecule has 1 fully saturated rings. The lowest BCUT2D eigenvalue weighted by atomic mass is 9.87. The van der Waals surface area contributed by atoms with Crippen LogP contribution in [0.5, 0.6) is 0 Å². The van der Waals surface area contributed by atoms with Crippen LogP contribution < -0.4 is 5.32 Å². The van der Waals surface area contributed by atoms with E-state index in [4.69, 9.17) is 0 Å². The van der Waals surface area contributed by atoms with Crippen molar-refractivity contribution in [3.8, 4) is 0 Å². The summed E-state index contributed by atoms with van der Waals surface area (Å²) in [4.78, 5) is 23.0. The van der Waals surface area contributed by atoms with Crippen LogP contribution in [0.3, 0.4) is 0 Å². The number of carbonyl (C=O) groups excluding carboxylic acids is 2. The van der Waals surface area contributed by atoms with Gasteiger partial charge >= 0.3 is 0 Å². The first-order valence-corrected chi connectivity index (χ1v) is 9.02. The third kappa shape index (κ3) is 4.85. The van der Waals surface area contributed by atoms with Crippen molar-refractivity contribution in [1.29, 1.82) is 0 Å². The van der Waals surface area contributed by atoms with E-state index in [9.17, 15) is 9.59 Å². The highest BCUT2D eigenvalue weighted by Crippen LogP contribution is 2.24. The van der Waals surface area contributed by atoms with Gasteiger partial charge in [-0.3, -0.25) is 9.59 Å². The summed E-state index contributed by atoms with van der Waals surface area (Å²) in [6.07, 6.45) is 5.26. The molecule has 0 aromatic heterocycles. The Bertz CT molecular complexity index is 774. The van der Waals surface area contributed by atoms with Gasteiger partial charge in [0.15, 0.2) is 0 Å². The van der Waals surface area contributed by atoms with E-state index in [2.05, 4.69) is 22.5 Å². The highest BCUT2D eigenvalue weighted by atomic mass is 16.1. The molecule has 134 valence electrons. The lowest BCUT2D eigenvalue weighted by Gasteiger charge is -2.26. The van der Waals surface area contributed by atoms with Crippen LogP contribution in [0.4, 0.5) is 11.4 Å². The Morgan fingerprint density at radius 1 is 0.923 bits per heavy atom. The number of hydrogen-bond donors (Lipinski definition) is 1. The molecule has 26 heavy (non-hydrogen) atoms. The Kier molecular flexibility index (Phi) is 5.89. The van der Waals surface area contributed by atoms with E-state index in [1.807, 2.05) is 0 Å². The molecule has 1 aliphatic carbocycles. The molecule has 5 nitrogen and oxygen atoms in total. The first kappa shape index (κ1) is 18.0. The summed E-state index contributed by atoms with van der Waals surface area (Å²) in [5.41, 5.74) is 2.58. The maximum Gasteiger partial charge on any atom is 0.251 e. The number of amides is 1. The van der Waals surface area contributed by atoms with Gasteiger partial charge < -0.3 is 5.32 Å². The molecule has 2 aromatic rings. The molecule has 2 aromatic carbocycles. The number of nitrogens with one attached hydrogen (secondary N) is 1. The Hall–Kier alpha value is -2.82. The molecule has 0 atom stereocenters. The zero-order valence-corrected chi connectivity index (χ0v) is 14.9. The predicted molar refractivity (Wildman–Crippen MR) is 101 cm³/mol. The van der Waals surface area contributed by atoms with E-state index >= 15 is 0 Å². The first-order chi connectivity index (χ1) is 12.6. The molecule has 3 rings (SSSR count). The van der Waals surface area contributed by atoms with Crippen LogP contribution in [0.25, 0.3) is 0 Å². The Balaban J connectivity index is 1.57. The van der Waals surface area contributed by atoms with E-state index in [0.29, 0.717) is 22.5 Å². The number of benzene rings is 2. The minimum Gasteiger partial charge on any atom is -0.349 e. The van der Waals surface area contributed by atoms with Crippen molar-refractivity contribution >= 4 is 23.6 Å². The molecule has 0 spiro atoms. The summed E-state index contributed by atoms with van der Waals surface area (Å²) in [6.45, 7) is 2.27. The van der Waals surface area contributed by atoms with Gasteiger partial charge in [0.2, 0.25) is 0 Å². The lowest BCUT2D eigenvalue weighted by molar-refractivity contribution is 0.0922. The van der Waals surface area contributed by atoms with E-state index in [1.165, 1.54) is 12.8 Å². The van der Waals surface area contributed by atoms with Gasteiger partial charge in [-0.25, -0.2) is 0 Å². The average Bonchev–Trinajstić information content (AvgIpc) is 2.69. The zero-order chi connectivity index (χ0) is 18.4. The standard InChI is InChI=1S/C21H23N3O2/c1-15-2-8-18(9-3-15)22-21(26)17-6-12-20(13-7-17)24-23-19-10-4-16(14-25)5-11-19/h4-7,10-15,18H,2-3,8-9H2,1H3,(H,22,26). The quantitative estimate of drug-likeness (QED) is 0.593. The van der Waals surface area contributed by atoms with Gasteiger partial charge in [0.25, 0.3) is 5.91 Å². The fraction of sp³-hybridized carbons (Fsp3) is 0.333. The summed E-state index contributed by atoms with van der Waals surface area (Å²) in [7, 11) is 0. The van der Waals surface area contributed by atoms with Gasteiger partial charge in [-0.15, -0.1) is 0 Å². The molecule has 0 radical (unpaired) electrons. The van der Waals surface area contributed by atoms with Gasteiger partial charge in [-0.05, 0) is 80.1 Å². The third-order valence-electron chi connectivity index (χ3n) is 4.79. The van der Waals surface area contributed by atoms with Crippen molar-refractivity contribution in [1.82, 2.24) is 5.32 Å². The summed E-state index contributed by atoms with van der Waals surface area (Å²) in [5.74, 6) is 0.736. The minimum absolute atomic E-state index is 0.0301. The normalized spacial score (nSPS) is 20.0. The van der Waals surface area contributed by atoms with Crippen molar-refractivity contribution < 1.29 is 9.59 Å². The van der Waals surface area contributed by atoms with Crippen molar-refractivity contribution in [2.45, 2.75) is 38.6 Å². The van der Waals surface area contributed by atoms with Gasteiger partial charge in [-0.2, -0.15) is 10.2 Å².